The number of nitrogens with two attached hydrogens (primary N) is 1. The number of hydrogen-bond acceptors (Lipinski definition) is 2. The number of hydrogen-bond donors (Lipinski definition) is 1. The molecule has 0 aliphatic carbocycles. The molecule has 1 unspecified atom stereocenters. The maximum Gasteiger partial charge on any atom is 0.244 e. The molecule has 0 saturated heterocycles. The van der Waals surface area contributed by atoms with Crippen LogP contribution in [0.15, 0.2) is 11.6 Å². The molecule has 3 heteroatoms. The standard InChI is InChI=1S/C14H28N2O/c1-5-7-9-16(10-8-6-2)13(4)11-12(3)14(15)17/h11,13H,5-10H2,1-4H3,(H2,15,17)/b12-11+. The lowest BCUT2D eigenvalue weighted by Gasteiger charge is -2.27. The van der Waals surface area contributed by atoms with Crippen molar-refractivity contribution in [3.63, 3.8) is 0 Å². The average molecular weight is 240 g/mol. The number of amides is 1. The molecule has 2 N–H and O–H groups in total. The van der Waals surface area contributed by atoms with Crippen LogP contribution in [-0.4, -0.2) is 29.9 Å². The number of carbonyl (C=O) groups excluding carboxylic acids is 1. The Morgan fingerprint density at radius 2 is 1.71 bits per heavy atom. The molecule has 0 heterocycles. The molecular weight excluding hydrogens is 212 g/mol. The zero-order valence-corrected chi connectivity index (χ0v) is 11.8. The smallest absolute Gasteiger partial charge is 0.244 e. The molecule has 1 amide bonds. The van der Waals surface area contributed by atoms with Crippen molar-refractivity contribution in [3.8, 4) is 0 Å². The van der Waals surface area contributed by atoms with Crippen LogP contribution in [-0.2, 0) is 4.79 Å². The zero-order valence-electron chi connectivity index (χ0n) is 11.8. The summed E-state index contributed by atoms with van der Waals surface area (Å²) in [6.07, 6.45) is 6.80. The van der Waals surface area contributed by atoms with E-state index in [1.54, 1.807) is 6.92 Å². The van der Waals surface area contributed by atoms with Crippen molar-refractivity contribution in [1.29, 1.82) is 0 Å². The van der Waals surface area contributed by atoms with Gasteiger partial charge in [0.25, 0.3) is 0 Å². The Morgan fingerprint density at radius 3 is 2.06 bits per heavy atom. The molecule has 100 valence electrons. The van der Waals surface area contributed by atoms with Gasteiger partial charge in [0.2, 0.25) is 5.91 Å². The third-order valence-corrected chi connectivity index (χ3v) is 3.05. The minimum absolute atomic E-state index is 0.292. The summed E-state index contributed by atoms with van der Waals surface area (Å²) in [6, 6.07) is 0.292. The first-order valence-corrected chi connectivity index (χ1v) is 6.75. The van der Waals surface area contributed by atoms with Crippen LogP contribution in [0.4, 0.5) is 0 Å². The topological polar surface area (TPSA) is 46.3 Å². The highest BCUT2D eigenvalue weighted by molar-refractivity contribution is 5.91. The van der Waals surface area contributed by atoms with Crippen LogP contribution in [0.1, 0.15) is 53.4 Å². The lowest BCUT2D eigenvalue weighted by Crippen LogP contribution is -2.34. The third-order valence-electron chi connectivity index (χ3n) is 3.05. The van der Waals surface area contributed by atoms with Crippen LogP contribution >= 0.6 is 0 Å². The summed E-state index contributed by atoms with van der Waals surface area (Å²) in [7, 11) is 0. The zero-order chi connectivity index (χ0) is 13.3. The Hall–Kier alpha value is -0.830. The van der Waals surface area contributed by atoms with Crippen molar-refractivity contribution < 1.29 is 4.79 Å². The van der Waals surface area contributed by atoms with Crippen molar-refractivity contribution >= 4 is 5.91 Å². The van der Waals surface area contributed by atoms with Crippen molar-refractivity contribution in [2.45, 2.75) is 59.4 Å². The summed E-state index contributed by atoms with van der Waals surface area (Å²) < 4.78 is 0. The average Bonchev–Trinajstić information content (AvgIpc) is 2.28. The van der Waals surface area contributed by atoms with Gasteiger partial charge < -0.3 is 5.73 Å². The predicted octanol–water partition coefficient (Wildman–Crippen LogP) is 2.71. The lowest BCUT2D eigenvalue weighted by atomic mass is 10.1. The van der Waals surface area contributed by atoms with Crippen LogP contribution in [0, 0.1) is 0 Å². The maximum absolute atomic E-state index is 11.0. The Morgan fingerprint density at radius 1 is 1.24 bits per heavy atom. The summed E-state index contributed by atoms with van der Waals surface area (Å²) in [5.41, 5.74) is 5.92. The van der Waals surface area contributed by atoms with Gasteiger partial charge in [0.15, 0.2) is 0 Å². The van der Waals surface area contributed by atoms with E-state index in [9.17, 15) is 4.79 Å². The van der Waals surface area contributed by atoms with Crippen molar-refractivity contribution in [2.75, 3.05) is 13.1 Å². The molecule has 0 bridgehead atoms. The predicted molar refractivity (Wildman–Crippen MR) is 73.8 cm³/mol. The lowest BCUT2D eigenvalue weighted by molar-refractivity contribution is -0.114. The molecule has 0 aliphatic rings. The Labute approximate surface area is 106 Å². The molecule has 0 saturated carbocycles. The summed E-state index contributed by atoms with van der Waals surface area (Å²) in [5.74, 6) is -0.317. The van der Waals surface area contributed by atoms with Gasteiger partial charge in [-0.3, -0.25) is 9.69 Å². The number of nitrogens with zero attached hydrogens (tertiary/aromatic N) is 1. The van der Waals surface area contributed by atoms with Crippen molar-refractivity contribution in [3.05, 3.63) is 11.6 Å². The fourth-order valence-electron chi connectivity index (χ4n) is 1.79. The Kier molecular flexibility index (Phi) is 8.78. The Bertz CT molecular complexity index is 241. The van der Waals surface area contributed by atoms with Crippen LogP contribution < -0.4 is 5.73 Å². The second-order valence-electron chi connectivity index (χ2n) is 4.70. The van der Waals surface area contributed by atoms with E-state index in [0.29, 0.717) is 11.6 Å². The number of unbranched alkanes of at least 4 members (excludes halogenated alkanes) is 2. The van der Waals surface area contributed by atoms with Gasteiger partial charge in [0.1, 0.15) is 0 Å². The summed E-state index contributed by atoms with van der Waals surface area (Å²) in [6.45, 7) is 10.5. The molecule has 1 atom stereocenters. The number of carbonyl (C=O) groups is 1. The summed E-state index contributed by atoms with van der Waals surface area (Å²) in [4.78, 5) is 13.5. The molecular formula is C14H28N2O. The van der Waals surface area contributed by atoms with E-state index in [0.717, 1.165) is 13.1 Å². The fourth-order valence-corrected chi connectivity index (χ4v) is 1.79. The van der Waals surface area contributed by atoms with Crippen molar-refractivity contribution in [2.24, 2.45) is 5.73 Å². The van der Waals surface area contributed by atoms with Gasteiger partial charge in [-0.1, -0.05) is 32.8 Å². The van der Waals surface area contributed by atoms with E-state index in [-0.39, 0.29) is 5.91 Å². The highest BCUT2D eigenvalue weighted by Crippen LogP contribution is 2.08. The van der Waals surface area contributed by atoms with E-state index < -0.39 is 0 Å². The van der Waals surface area contributed by atoms with Gasteiger partial charge in [0.05, 0.1) is 0 Å². The molecule has 0 rings (SSSR count). The van der Waals surface area contributed by atoms with E-state index in [2.05, 4.69) is 25.7 Å². The molecule has 17 heavy (non-hydrogen) atoms. The quantitative estimate of drug-likeness (QED) is 0.630. The van der Waals surface area contributed by atoms with Gasteiger partial charge in [-0.05, 0) is 39.8 Å². The Balaban J connectivity index is 4.44. The van der Waals surface area contributed by atoms with Gasteiger partial charge >= 0.3 is 0 Å². The van der Waals surface area contributed by atoms with E-state index in [1.807, 2.05) is 6.08 Å². The largest absolute Gasteiger partial charge is 0.366 e. The molecule has 0 aromatic carbocycles. The molecule has 0 radical (unpaired) electrons. The minimum Gasteiger partial charge on any atom is -0.366 e. The maximum atomic E-state index is 11.0. The van der Waals surface area contributed by atoms with E-state index in [1.165, 1.54) is 25.7 Å². The normalized spacial score (nSPS) is 14.1. The molecule has 0 aromatic heterocycles. The van der Waals surface area contributed by atoms with Gasteiger partial charge in [-0.2, -0.15) is 0 Å². The SMILES string of the molecule is CCCCN(CCCC)C(C)/C=C(\C)C(N)=O. The van der Waals surface area contributed by atoms with Crippen LogP contribution in [0.2, 0.25) is 0 Å². The highest BCUT2D eigenvalue weighted by atomic mass is 16.1. The highest BCUT2D eigenvalue weighted by Gasteiger charge is 2.11. The first-order chi connectivity index (χ1) is 8.02. The van der Waals surface area contributed by atoms with Crippen molar-refractivity contribution in [1.82, 2.24) is 4.90 Å². The monoisotopic (exact) mass is 240 g/mol. The second-order valence-corrected chi connectivity index (χ2v) is 4.70. The minimum atomic E-state index is -0.317. The van der Waals surface area contributed by atoms with Crippen LogP contribution in [0.25, 0.3) is 0 Å². The van der Waals surface area contributed by atoms with Gasteiger partial charge in [0, 0.05) is 11.6 Å². The van der Waals surface area contributed by atoms with Gasteiger partial charge in [-0.25, -0.2) is 0 Å². The first-order valence-electron chi connectivity index (χ1n) is 6.75. The van der Waals surface area contributed by atoms with Gasteiger partial charge in [-0.15, -0.1) is 0 Å². The van der Waals surface area contributed by atoms with E-state index in [4.69, 9.17) is 5.73 Å². The fraction of sp³-hybridized carbons (Fsp3) is 0.786. The molecule has 0 fully saturated rings. The second kappa shape index (κ2) is 9.23. The van der Waals surface area contributed by atoms with Crippen LogP contribution in [0.3, 0.4) is 0 Å². The molecule has 0 spiro atoms. The summed E-state index contributed by atoms with van der Waals surface area (Å²) >= 11 is 0. The molecule has 0 aliphatic heterocycles. The van der Waals surface area contributed by atoms with E-state index >= 15 is 0 Å². The molecule has 3 nitrogen and oxygen atoms in total. The number of rotatable bonds is 9. The summed E-state index contributed by atoms with van der Waals surface area (Å²) in [5, 5.41) is 0. The molecule has 0 aromatic rings. The van der Waals surface area contributed by atoms with Crippen LogP contribution in [0.5, 0.6) is 0 Å². The number of primary amides is 1. The first kappa shape index (κ1) is 16.2. The third kappa shape index (κ3) is 7.16.